The van der Waals surface area contributed by atoms with Crippen molar-refractivity contribution in [1.29, 1.82) is 0 Å². The molecule has 0 saturated heterocycles. The first kappa shape index (κ1) is 20.4. The fraction of sp³-hybridized carbons (Fsp3) is 0.300. The third-order valence-electron chi connectivity index (χ3n) is 3.75. The fourth-order valence-corrected chi connectivity index (χ4v) is 3.94. The zero-order chi connectivity index (χ0) is 18.8. The van der Waals surface area contributed by atoms with Gasteiger partial charge in [-0.25, -0.2) is 4.79 Å². The van der Waals surface area contributed by atoms with Crippen molar-refractivity contribution in [3.63, 3.8) is 0 Å². The average molecular weight is 390 g/mol. The molecule has 0 aliphatic carbocycles. The quantitative estimate of drug-likeness (QED) is 0.520. The Hall–Kier alpha value is -1.92. The van der Waals surface area contributed by atoms with Crippen LogP contribution in [0.25, 0.3) is 0 Å². The Labute approximate surface area is 163 Å². The monoisotopic (exact) mass is 389 g/mol. The van der Waals surface area contributed by atoms with Gasteiger partial charge >= 0.3 is 5.97 Å². The summed E-state index contributed by atoms with van der Waals surface area (Å²) in [7, 11) is 1.34. The van der Waals surface area contributed by atoms with Crippen LogP contribution in [0, 0.1) is 0 Å². The van der Waals surface area contributed by atoms with Crippen molar-refractivity contribution < 1.29 is 14.3 Å². The van der Waals surface area contributed by atoms with Gasteiger partial charge in [-0.05, 0) is 36.1 Å². The Morgan fingerprint density at radius 1 is 1.04 bits per heavy atom. The zero-order valence-electron chi connectivity index (χ0n) is 14.9. The molecular formula is C20H23NO3S2. The number of carbonyl (C=O) groups excluding carboxylic acids is 2. The standard InChI is InChI=1S/C20H23NO3S2/c1-24-20(23)17(13-14-25-2)21-19(22)18(15-9-5-3-6-10-15)26-16-11-7-4-8-12-16/h3-12,17-18H,13-14H2,1-2H3,(H,21,22)/t17-,18+/m0/s1. The normalized spacial score (nSPS) is 12.8. The van der Waals surface area contributed by atoms with Gasteiger partial charge in [0.15, 0.2) is 0 Å². The topological polar surface area (TPSA) is 55.4 Å². The number of rotatable bonds is 9. The van der Waals surface area contributed by atoms with E-state index in [4.69, 9.17) is 4.74 Å². The van der Waals surface area contributed by atoms with Gasteiger partial charge in [0.05, 0.1) is 7.11 Å². The first-order chi connectivity index (χ1) is 12.7. The van der Waals surface area contributed by atoms with Gasteiger partial charge in [-0.2, -0.15) is 11.8 Å². The summed E-state index contributed by atoms with van der Waals surface area (Å²) in [6.45, 7) is 0. The zero-order valence-corrected chi connectivity index (χ0v) is 16.5. The largest absolute Gasteiger partial charge is 0.467 e. The van der Waals surface area contributed by atoms with Crippen LogP contribution in [-0.2, 0) is 14.3 Å². The molecule has 0 bridgehead atoms. The minimum absolute atomic E-state index is 0.193. The van der Waals surface area contributed by atoms with Crippen molar-refractivity contribution in [1.82, 2.24) is 5.32 Å². The Morgan fingerprint density at radius 2 is 1.65 bits per heavy atom. The molecule has 0 aliphatic rings. The van der Waals surface area contributed by atoms with Gasteiger partial charge in [-0.1, -0.05) is 48.5 Å². The Balaban J connectivity index is 2.20. The van der Waals surface area contributed by atoms with Crippen molar-refractivity contribution in [3.05, 3.63) is 66.2 Å². The van der Waals surface area contributed by atoms with Crippen LogP contribution in [-0.4, -0.2) is 37.0 Å². The van der Waals surface area contributed by atoms with Gasteiger partial charge in [0.2, 0.25) is 5.91 Å². The lowest BCUT2D eigenvalue weighted by Gasteiger charge is -2.21. The maximum Gasteiger partial charge on any atom is 0.328 e. The summed E-state index contributed by atoms with van der Waals surface area (Å²) in [5.74, 6) is 0.160. The Kier molecular flexibility index (Phi) is 8.58. The number of thioether (sulfide) groups is 2. The van der Waals surface area contributed by atoms with Crippen LogP contribution in [0.15, 0.2) is 65.6 Å². The number of esters is 1. The van der Waals surface area contributed by atoms with Crippen molar-refractivity contribution in [2.45, 2.75) is 22.6 Å². The van der Waals surface area contributed by atoms with Gasteiger partial charge in [-0.3, -0.25) is 4.79 Å². The molecule has 2 rings (SSSR count). The Bertz CT molecular complexity index is 695. The summed E-state index contributed by atoms with van der Waals surface area (Å²) in [6, 6.07) is 18.7. The molecule has 2 aromatic carbocycles. The smallest absolute Gasteiger partial charge is 0.328 e. The summed E-state index contributed by atoms with van der Waals surface area (Å²) in [5.41, 5.74) is 0.896. The van der Waals surface area contributed by atoms with Crippen LogP contribution in [0.1, 0.15) is 17.2 Å². The van der Waals surface area contributed by atoms with Crippen molar-refractivity contribution >= 4 is 35.4 Å². The summed E-state index contributed by atoms with van der Waals surface area (Å²) in [6.07, 6.45) is 2.51. The predicted molar refractivity (Wildman–Crippen MR) is 108 cm³/mol. The second-order valence-corrected chi connectivity index (χ2v) is 7.75. The molecule has 26 heavy (non-hydrogen) atoms. The lowest BCUT2D eigenvalue weighted by Crippen LogP contribution is -2.43. The van der Waals surface area contributed by atoms with Crippen molar-refractivity contribution in [2.24, 2.45) is 0 Å². The van der Waals surface area contributed by atoms with E-state index in [1.165, 1.54) is 18.9 Å². The predicted octanol–water partition coefficient (Wildman–Crippen LogP) is 3.93. The number of amides is 1. The van der Waals surface area contributed by atoms with Crippen molar-refractivity contribution in [3.8, 4) is 0 Å². The summed E-state index contributed by atoms with van der Waals surface area (Å²) in [5, 5.41) is 2.43. The van der Waals surface area contributed by atoms with Crippen LogP contribution < -0.4 is 5.32 Å². The van der Waals surface area contributed by atoms with Crippen molar-refractivity contribution in [2.75, 3.05) is 19.1 Å². The number of benzene rings is 2. The van der Waals surface area contributed by atoms with E-state index in [0.717, 1.165) is 16.2 Å². The SMILES string of the molecule is COC(=O)[C@H](CCSC)NC(=O)[C@H](Sc1ccccc1)c1ccccc1. The van der Waals surface area contributed by atoms with Gasteiger partial charge < -0.3 is 10.1 Å². The Morgan fingerprint density at radius 3 is 2.23 bits per heavy atom. The van der Waals surface area contributed by atoms with Crippen LogP contribution in [0.3, 0.4) is 0 Å². The molecule has 4 nitrogen and oxygen atoms in total. The number of ether oxygens (including phenoxy) is 1. The minimum atomic E-state index is -0.637. The number of methoxy groups -OCH3 is 1. The molecule has 0 fully saturated rings. The highest BCUT2D eigenvalue weighted by Gasteiger charge is 2.27. The van der Waals surface area contributed by atoms with Crippen LogP contribution in [0.2, 0.25) is 0 Å². The fourth-order valence-electron chi connectivity index (χ4n) is 2.41. The maximum atomic E-state index is 13.0. The van der Waals surface area contributed by atoms with Gasteiger partial charge in [0.25, 0.3) is 0 Å². The van der Waals surface area contributed by atoms with Gasteiger partial charge in [-0.15, -0.1) is 11.8 Å². The summed E-state index contributed by atoms with van der Waals surface area (Å²) in [4.78, 5) is 26.0. The molecular weight excluding hydrogens is 366 g/mol. The van der Waals surface area contributed by atoms with E-state index >= 15 is 0 Å². The van der Waals surface area contributed by atoms with Crippen LogP contribution in [0.5, 0.6) is 0 Å². The second kappa shape index (κ2) is 10.9. The van der Waals surface area contributed by atoms with E-state index < -0.39 is 17.3 Å². The van der Waals surface area contributed by atoms with Gasteiger partial charge in [0.1, 0.15) is 11.3 Å². The lowest BCUT2D eigenvalue weighted by molar-refractivity contribution is -0.145. The molecule has 0 aromatic heterocycles. The molecule has 6 heteroatoms. The van der Waals surface area contributed by atoms with E-state index in [1.54, 1.807) is 11.8 Å². The van der Waals surface area contributed by atoms with E-state index in [1.807, 2.05) is 66.9 Å². The number of carbonyl (C=O) groups is 2. The molecule has 138 valence electrons. The van der Waals surface area contributed by atoms with E-state index in [9.17, 15) is 9.59 Å². The molecule has 2 atom stereocenters. The number of hydrogen-bond acceptors (Lipinski definition) is 5. The molecule has 0 unspecified atom stereocenters. The summed E-state index contributed by atoms with van der Waals surface area (Å²) >= 11 is 3.09. The maximum absolute atomic E-state index is 13.0. The number of nitrogens with one attached hydrogen (secondary N) is 1. The third-order valence-corrected chi connectivity index (χ3v) is 5.66. The highest BCUT2D eigenvalue weighted by molar-refractivity contribution is 8.00. The first-order valence-corrected chi connectivity index (χ1v) is 10.6. The lowest BCUT2D eigenvalue weighted by atomic mass is 10.1. The molecule has 0 aliphatic heterocycles. The average Bonchev–Trinajstić information content (AvgIpc) is 2.70. The molecule has 1 amide bonds. The van der Waals surface area contributed by atoms with E-state index in [2.05, 4.69) is 5.32 Å². The second-order valence-electron chi connectivity index (χ2n) is 5.59. The number of hydrogen-bond donors (Lipinski definition) is 1. The highest BCUT2D eigenvalue weighted by Crippen LogP contribution is 2.35. The molecule has 0 radical (unpaired) electrons. The molecule has 2 aromatic rings. The minimum Gasteiger partial charge on any atom is -0.467 e. The van der Waals surface area contributed by atoms with E-state index in [-0.39, 0.29) is 5.91 Å². The third kappa shape index (κ3) is 6.11. The molecule has 1 N–H and O–H groups in total. The molecule has 0 spiro atoms. The first-order valence-electron chi connectivity index (χ1n) is 8.29. The molecule has 0 heterocycles. The highest BCUT2D eigenvalue weighted by atomic mass is 32.2. The van der Waals surface area contributed by atoms with Crippen LogP contribution in [0.4, 0.5) is 0 Å². The van der Waals surface area contributed by atoms with Crippen LogP contribution >= 0.6 is 23.5 Å². The molecule has 0 saturated carbocycles. The van der Waals surface area contributed by atoms with Gasteiger partial charge in [0, 0.05) is 4.90 Å². The van der Waals surface area contributed by atoms with E-state index in [0.29, 0.717) is 6.42 Å². The summed E-state index contributed by atoms with van der Waals surface area (Å²) < 4.78 is 4.84.